The van der Waals surface area contributed by atoms with Crippen molar-refractivity contribution >= 4 is 16.1 Å². The molecule has 6 nitrogen and oxygen atoms in total. The lowest BCUT2D eigenvalue weighted by Crippen LogP contribution is -2.36. The summed E-state index contributed by atoms with van der Waals surface area (Å²) in [5.41, 5.74) is 0.0173. The molecule has 0 saturated heterocycles. The summed E-state index contributed by atoms with van der Waals surface area (Å²) in [5, 5.41) is -4.57. The average Bonchev–Trinajstić information content (AvgIpc) is 2.12. The topological polar surface area (TPSA) is 92.7 Å². The van der Waals surface area contributed by atoms with E-state index in [4.69, 9.17) is 0 Å². The summed E-state index contributed by atoms with van der Waals surface area (Å²) in [6.07, 6.45) is -1.42. The minimum atomic E-state index is -5.81. The number of ether oxygens (including phenoxy) is 2. The molecule has 0 aliphatic heterocycles. The van der Waals surface area contributed by atoms with Gasteiger partial charge >= 0.3 is 11.2 Å². The Bertz CT molecular complexity index is 402. The molecule has 1 unspecified atom stereocenters. The fraction of sp³-hybridized carbons (Fsp3) is 0.625. The van der Waals surface area contributed by atoms with Crippen molar-refractivity contribution in [1.29, 1.82) is 0 Å². The summed E-state index contributed by atoms with van der Waals surface area (Å²) in [7, 11) is -5.81. The number of esters is 1. The molecule has 0 spiro atoms. The zero-order valence-corrected chi connectivity index (χ0v) is 9.92. The third-order valence-corrected chi connectivity index (χ3v) is 2.32. The van der Waals surface area contributed by atoms with Crippen molar-refractivity contribution in [2.75, 3.05) is 6.61 Å². The van der Waals surface area contributed by atoms with Crippen molar-refractivity contribution < 1.29 is 36.0 Å². The normalized spacial score (nSPS) is 14.2. The summed E-state index contributed by atoms with van der Waals surface area (Å²) >= 11 is 0. The van der Waals surface area contributed by atoms with E-state index in [0.29, 0.717) is 0 Å². The first-order chi connectivity index (χ1) is 7.47. The Morgan fingerprint density at radius 3 is 2.35 bits per heavy atom. The standard InChI is InChI=1S/C8H12F2O6S/c1-5(2)7(11)16-6(3)15-4-8(9,10)17(12,13)14/h6H,1,4H2,2-3H3,(H,12,13,14)/p-1. The molecule has 0 amide bonds. The SMILES string of the molecule is C=C(C)C(=O)OC(C)OCC(F)(F)S(=O)(=O)[O-]. The van der Waals surface area contributed by atoms with Crippen LogP contribution in [-0.2, 0) is 24.4 Å². The lowest BCUT2D eigenvalue weighted by molar-refractivity contribution is -0.180. The molecule has 17 heavy (non-hydrogen) atoms. The molecule has 0 rings (SSSR count). The molecule has 0 aliphatic carbocycles. The third-order valence-electron chi connectivity index (χ3n) is 1.47. The van der Waals surface area contributed by atoms with E-state index in [0.717, 1.165) is 6.92 Å². The summed E-state index contributed by atoms with van der Waals surface area (Å²) in [6.45, 7) is 3.96. The Hall–Kier alpha value is -1.06. The molecule has 1 atom stereocenters. The second-order valence-corrected chi connectivity index (χ2v) is 4.66. The highest BCUT2D eigenvalue weighted by molar-refractivity contribution is 7.86. The number of halogens is 2. The molecule has 0 heterocycles. The van der Waals surface area contributed by atoms with E-state index in [1.165, 1.54) is 6.92 Å². The maximum Gasteiger partial charge on any atom is 0.357 e. The summed E-state index contributed by atoms with van der Waals surface area (Å²) < 4.78 is 64.1. The fourth-order valence-corrected chi connectivity index (χ4v) is 0.784. The molecule has 0 N–H and O–H groups in total. The number of alkyl halides is 2. The van der Waals surface area contributed by atoms with Gasteiger partial charge in [-0.05, 0) is 13.8 Å². The van der Waals surface area contributed by atoms with Gasteiger partial charge in [0, 0.05) is 5.57 Å². The Balaban J connectivity index is 4.31. The molecule has 9 heteroatoms. The van der Waals surface area contributed by atoms with Crippen molar-refractivity contribution in [3.8, 4) is 0 Å². The van der Waals surface area contributed by atoms with Gasteiger partial charge in [-0.15, -0.1) is 0 Å². The quantitative estimate of drug-likeness (QED) is 0.304. The van der Waals surface area contributed by atoms with E-state index in [1.54, 1.807) is 0 Å². The van der Waals surface area contributed by atoms with E-state index < -0.39 is 34.2 Å². The smallest absolute Gasteiger partial charge is 0.357 e. The monoisotopic (exact) mass is 273 g/mol. The van der Waals surface area contributed by atoms with Gasteiger partial charge in [0.25, 0.3) is 0 Å². The van der Waals surface area contributed by atoms with E-state index in [9.17, 15) is 26.5 Å². The van der Waals surface area contributed by atoms with Crippen molar-refractivity contribution in [1.82, 2.24) is 0 Å². The van der Waals surface area contributed by atoms with Gasteiger partial charge in [0.05, 0.1) is 0 Å². The van der Waals surface area contributed by atoms with Gasteiger partial charge in [-0.1, -0.05) is 6.58 Å². The number of carbonyl (C=O) groups excluding carboxylic acids is 1. The van der Waals surface area contributed by atoms with E-state index in [2.05, 4.69) is 16.1 Å². The number of hydrogen-bond acceptors (Lipinski definition) is 6. The van der Waals surface area contributed by atoms with Crippen LogP contribution in [0.2, 0.25) is 0 Å². The van der Waals surface area contributed by atoms with Crippen LogP contribution in [-0.4, -0.2) is 37.1 Å². The first-order valence-electron chi connectivity index (χ1n) is 4.28. The maximum absolute atomic E-state index is 12.6. The highest BCUT2D eigenvalue weighted by Gasteiger charge is 2.38. The number of hydrogen-bond donors (Lipinski definition) is 0. The number of carbonyl (C=O) groups is 1. The Labute approximate surface area is 97.0 Å². The van der Waals surface area contributed by atoms with Gasteiger partial charge in [-0.25, -0.2) is 13.2 Å². The maximum atomic E-state index is 12.6. The molecule has 0 aromatic carbocycles. The predicted octanol–water partition coefficient (Wildman–Crippen LogP) is 0.606. The van der Waals surface area contributed by atoms with Crippen LogP contribution < -0.4 is 0 Å². The van der Waals surface area contributed by atoms with Crippen LogP contribution >= 0.6 is 0 Å². The predicted molar refractivity (Wildman–Crippen MR) is 51.0 cm³/mol. The Kier molecular flexibility index (Phi) is 5.17. The summed E-state index contributed by atoms with van der Waals surface area (Å²) in [6, 6.07) is 0. The Morgan fingerprint density at radius 2 is 2.00 bits per heavy atom. The van der Waals surface area contributed by atoms with Crippen LogP contribution in [0.5, 0.6) is 0 Å². The van der Waals surface area contributed by atoms with Crippen LogP contribution in [0.4, 0.5) is 8.78 Å². The van der Waals surface area contributed by atoms with E-state index >= 15 is 0 Å². The van der Waals surface area contributed by atoms with Gasteiger partial charge in [0.15, 0.2) is 10.1 Å². The first kappa shape index (κ1) is 15.9. The summed E-state index contributed by atoms with van der Waals surface area (Å²) in [4.78, 5) is 10.9. The van der Waals surface area contributed by atoms with Crippen LogP contribution in [0.15, 0.2) is 12.2 Å². The molecule has 0 fully saturated rings. The molecular formula is C8H11F2O6S-. The largest absolute Gasteiger partial charge is 0.743 e. The second-order valence-electron chi connectivity index (χ2n) is 3.16. The number of rotatable bonds is 6. The van der Waals surface area contributed by atoms with Crippen molar-refractivity contribution in [3.63, 3.8) is 0 Å². The van der Waals surface area contributed by atoms with Gasteiger partial charge in [0.1, 0.15) is 6.61 Å². The molecular weight excluding hydrogens is 262 g/mol. The average molecular weight is 273 g/mol. The molecule has 0 aromatic heterocycles. The van der Waals surface area contributed by atoms with E-state index in [-0.39, 0.29) is 5.57 Å². The van der Waals surface area contributed by atoms with Crippen LogP contribution in [0.25, 0.3) is 0 Å². The molecule has 0 bridgehead atoms. The second kappa shape index (κ2) is 5.52. The van der Waals surface area contributed by atoms with Crippen molar-refractivity contribution in [2.24, 2.45) is 0 Å². The zero-order chi connectivity index (χ0) is 13.9. The van der Waals surface area contributed by atoms with Crippen molar-refractivity contribution in [2.45, 2.75) is 25.4 Å². The third kappa shape index (κ3) is 5.20. The zero-order valence-electron chi connectivity index (χ0n) is 9.11. The lowest BCUT2D eigenvalue weighted by atomic mass is 10.4. The highest BCUT2D eigenvalue weighted by atomic mass is 32.2. The summed E-state index contributed by atoms with van der Waals surface area (Å²) in [5.74, 6) is -0.884. The highest BCUT2D eigenvalue weighted by Crippen LogP contribution is 2.21. The molecule has 0 aliphatic rings. The fourth-order valence-electron chi connectivity index (χ4n) is 0.572. The van der Waals surface area contributed by atoms with Crippen LogP contribution in [0, 0.1) is 0 Å². The van der Waals surface area contributed by atoms with Crippen LogP contribution in [0.1, 0.15) is 13.8 Å². The van der Waals surface area contributed by atoms with Gasteiger partial charge in [0.2, 0.25) is 6.29 Å². The van der Waals surface area contributed by atoms with Crippen molar-refractivity contribution in [3.05, 3.63) is 12.2 Å². The molecule has 100 valence electrons. The minimum Gasteiger partial charge on any atom is -0.743 e. The molecule has 0 aromatic rings. The molecule has 0 saturated carbocycles. The lowest BCUT2D eigenvalue weighted by Gasteiger charge is -2.22. The Morgan fingerprint density at radius 1 is 1.53 bits per heavy atom. The molecule has 0 radical (unpaired) electrons. The van der Waals surface area contributed by atoms with Gasteiger partial charge in [-0.2, -0.15) is 8.78 Å². The van der Waals surface area contributed by atoms with Gasteiger partial charge < -0.3 is 14.0 Å². The minimum absolute atomic E-state index is 0.0173. The van der Waals surface area contributed by atoms with Gasteiger partial charge in [-0.3, -0.25) is 0 Å². The van der Waals surface area contributed by atoms with E-state index in [1.807, 2.05) is 0 Å². The first-order valence-corrected chi connectivity index (χ1v) is 5.69. The van der Waals surface area contributed by atoms with Crippen LogP contribution in [0.3, 0.4) is 0 Å².